The molecule has 1 saturated heterocycles. The third kappa shape index (κ3) is 2.19. The van der Waals surface area contributed by atoms with Gasteiger partial charge in [-0.15, -0.1) is 0 Å². The molecule has 3 heterocycles. The highest BCUT2D eigenvalue weighted by Gasteiger charge is 2.26. The molecular weight excluding hydrogens is 312 g/mol. The predicted molar refractivity (Wildman–Crippen MR) is 85.7 cm³/mol. The Balaban J connectivity index is 1.93. The number of anilines is 1. The normalized spacial score (nSPS) is 17.4. The first-order valence-electron chi connectivity index (χ1n) is 7.59. The van der Waals surface area contributed by atoms with E-state index in [4.69, 9.17) is 5.26 Å². The standard InChI is InChI=1S/C17H13F2N5/c18-11-4-5-24(8-11)17-14-13(7-21-16(14)22-9-23-17)12-3-1-2-10(6-20)15(12)19/h1-3,7,9,11H,4-5,8H2,(H,21,22,23)/t11-/m0/s1. The van der Waals surface area contributed by atoms with Crippen molar-refractivity contribution in [3.05, 3.63) is 42.1 Å². The van der Waals surface area contributed by atoms with Crippen LogP contribution in [0.25, 0.3) is 22.2 Å². The Morgan fingerprint density at radius 2 is 2.17 bits per heavy atom. The third-order valence-electron chi connectivity index (χ3n) is 4.29. The first-order valence-corrected chi connectivity index (χ1v) is 7.59. The monoisotopic (exact) mass is 325 g/mol. The van der Waals surface area contributed by atoms with E-state index >= 15 is 0 Å². The number of nitrogens with one attached hydrogen (secondary N) is 1. The van der Waals surface area contributed by atoms with Gasteiger partial charge < -0.3 is 9.88 Å². The Kier molecular flexibility index (Phi) is 3.38. The fraction of sp³-hybridized carbons (Fsp3) is 0.235. The lowest BCUT2D eigenvalue weighted by Gasteiger charge is -2.17. The Hall–Kier alpha value is -3.01. The lowest BCUT2D eigenvalue weighted by Crippen LogP contribution is -2.21. The molecule has 0 bridgehead atoms. The van der Waals surface area contributed by atoms with Gasteiger partial charge in [-0.25, -0.2) is 18.7 Å². The van der Waals surface area contributed by atoms with Crippen molar-refractivity contribution in [3.8, 4) is 17.2 Å². The molecule has 0 saturated carbocycles. The van der Waals surface area contributed by atoms with E-state index in [1.165, 1.54) is 12.4 Å². The molecule has 1 aliphatic heterocycles. The van der Waals surface area contributed by atoms with Crippen LogP contribution in [0.15, 0.2) is 30.7 Å². The Bertz CT molecular complexity index is 959. The van der Waals surface area contributed by atoms with E-state index in [1.54, 1.807) is 18.3 Å². The quantitative estimate of drug-likeness (QED) is 0.786. The Labute approximate surface area is 136 Å². The highest BCUT2D eigenvalue weighted by atomic mass is 19.1. The first-order chi connectivity index (χ1) is 11.7. The van der Waals surface area contributed by atoms with E-state index < -0.39 is 12.0 Å². The van der Waals surface area contributed by atoms with Crippen molar-refractivity contribution >= 4 is 16.9 Å². The zero-order chi connectivity index (χ0) is 16.7. The van der Waals surface area contributed by atoms with Gasteiger partial charge in [0.15, 0.2) is 0 Å². The van der Waals surface area contributed by atoms with Crippen LogP contribution in [0.3, 0.4) is 0 Å². The van der Waals surface area contributed by atoms with Gasteiger partial charge in [0.1, 0.15) is 35.9 Å². The summed E-state index contributed by atoms with van der Waals surface area (Å²) in [6.45, 7) is 0.816. The number of nitriles is 1. The molecule has 1 aliphatic rings. The second kappa shape index (κ2) is 5.57. The van der Waals surface area contributed by atoms with Crippen molar-refractivity contribution in [1.29, 1.82) is 5.26 Å². The van der Waals surface area contributed by atoms with Gasteiger partial charge in [-0.05, 0) is 12.5 Å². The highest BCUT2D eigenvalue weighted by molar-refractivity contribution is 6.01. The Morgan fingerprint density at radius 3 is 2.92 bits per heavy atom. The van der Waals surface area contributed by atoms with E-state index in [1.807, 2.05) is 11.0 Å². The summed E-state index contributed by atoms with van der Waals surface area (Å²) in [5.74, 6) is -0.00125. The summed E-state index contributed by atoms with van der Waals surface area (Å²) in [6.07, 6.45) is 2.61. The number of hydrogen-bond donors (Lipinski definition) is 1. The van der Waals surface area contributed by atoms with E-state index in [9.17, 15) is 8.78 Å². The van der Waals surface area contributed by atoms with Crippen molar-refractivity contribution in [2.75, 3.05) is 18.0 Å². The van der Waals surface area contributed by atoms with Gasteiger partial charge in [0.05, 0.1) is 17.5 Å². The van der Waals surface area contributed by atoms with Gasteiger partial charge in [0, 0.05) is 23.9 Å². The van der Waals surface area contributed by atoms with Crippen molar-refractivity contribution < 1.29 is 8.78 Å². The molecule has 0 aliphatic carbocycles. The maximum absolute atomic E-state index is 14.6. The minimum atomic E-state index is -0.893. The van der Waals surface area contributed by atoms with Gasteiger partial charge in [0.25, 0.3) is 0 Å². The average molecular weight is 325 g/mol. The molecule has 1 fully saturated rings. The topological polar surface area (TPSA) is 68.6 Å². The van der Waals surface area contributed by atoms with Gasteiger partial charge in [0.2, 0.25) is 0 Å². The van der Waals surface area contributed by atoms with Crippen molar-refractivity contribution in [3.63, 3.8) is 0 Å². The molecule has 1 N–H and O–H groups in total. The van der Waals surface area contributed by atoms with Crippen LogP contribution >= 0.6 is 0 Å². The maximum atomic E-state index is 14.6. The first kappa shape index (κ1) is 14.6. The summed E-state index contributed by atoms with van der Waals surface area (Å²) in [6, 6.07) is 6.51. The maximum Gasteiger partial charge on any atom is 0.148 e. The van der Waals surface area contributed by atoms with Crippen LogP contribution in [0.2, 0.25) is 0 Å². The minimum Gasteiger partial charge on any atom is -0.353 e. The predicted octanol–water partition coefficient (Wildman–Crippen LogP) is 3.18. The Morgan fingerprint density at radius 1 is 1.29 bits per heavy atom. The number of halogens is 2. The molecule has 7 heteroatoms. The largest absolute Gasteiger partial charge is 0.353 e. The lowest BCUT2D eigenvalue weighted by atomic mass is 10.0. The number of alkyl halides is 1. The molecule has 0 amide bonds. The van der Waals surface area contributed by atoms with Gasteiger partial charge in [-0.2, -0.15) is 5.26 Å². The molecule has 24 heavy (non-hydrogen) atoms. The van der Waals surface area contributed by atoms with Crippen LogP contribution in [-0.2, 0) is 0 Å². The number of aromatic nitrogens is 3. The van der Waals surface area contributed by atoms with E-state index in [2.05, 4.69) is 15.0 Å². The average Bonchev–Trinajstić information content (AvgIpc) is 3.21. The SMILES string of the molecule is N#Cc1cccc(-c2c[nH]c3ncnc(N4CC[C@H](F)C4)c23)c1F. The molecule has 2 aromatic heterocycles. The number of rotatable bonds is 2. The second-order valence-corrected chi connectivity index (χ2v) is 5.73. The van der Waals surface area contributed by atoms with Crippen LogP contribution in [0, 0.1) is 17.1 Å². The van der Waals surface area contributed by atoms with Crippen molar-refractivity contribution in [2.24, 2.45) is 0 Å². The summed E-state index contributed by atoms with van der Waals surface area (Å²) in [5, 5.41) is 9.68. The summed E-state index contributed by atoms with van der Waals surface area (Å²) < 4.78 is 28.2. The van der Waals surface area contributed by atoms with Crippen LogP contribution in [0.1, 0.15) is 12.0 Å². The molecule has 1 aromatic carbocycles. The molecule has 5 nitrogen and oxygen atoms in total. The van der Waals surface area contributed by atoms with Gasteiger partial charge >= 0.3 is 0 Å². The molecule has 0 radical (unpaired) electrons. The van der Waals surface area contributed by atoms with Crippen LogP contribution in [0.5, 0.6) is 0 Å². The fourth-order valence-electron chi connectivity index (χ4n) is 3.13. The molecule has 120 valence electrons. The number of fused-ring (bicyclic) bond motifs is 1. The summed E-state index contributed by atoms with van der Waals surface area (Å²) >= 11 is 0. The smallest absolute Gasteiger partial charge is 0.148 e. The van der Waals surface area contributed by atoms with Gasteiger partial charge in [-0.3, -0.25) is 0 Å². The summed E-state index contributed by atoms with van der Waals surface area (Å²) in [7, 11) is 0. The number of hydrogen-bond acceptors (Lipinski definition) is 4. The third-order valence-corrected chi connectivity index (χ3v) is 4.29. The summed E-state index contributed by atoms with van der Waals surface area (Å²) in [4.78, 5) is 13.3. The lowest BCUT2D eigenvalue weighted by molar-refractivity contribution is 0.364. The number of H-pyrrole nitrogens is 1. The molecular formula is C17H13F2N5. The zero-order valence-corrected chi connectivity index (χ0v) is 12.6. The molecule has 1 atom stereocenters. The summed E-state index contributed by atoms with van der Waals surface area (Å²) in [5.41, 5.74) is 1.40. The fourth-order valence-corrected chi connectivity index (χ4v) is 3.13. The van der Waals surface area contributed by atoms with Gasteiger partial charge in [-0.1, -0.05) is 12.1 Å². The zero-order valence-electron chi connectivity index (χ0n) is 12.6. The number of benzene rings is 1. The molecule has 4 rings (SSSR count). The van der Waals surface area contributed by atoms with Crippen LogP contribution < -0.4 is 4.90 Å². The number of aromatic amines is 1. The molecule has 0 unspecified atom stereocenters. The second-order valence-electron chi connectivity index (χ2n) is 5.73. The number of nitrogens with zero attached hydrogens (tertiary/aromatic N) is 4. The van der Waals surface area contributed by atoms with Crippen LogP contribution in [0.4, 0.5) is 14.6 Å². The van der Waals surface area contributed by atoms with Crippen LogP contribution in [-0.4, -0.2) is 34.2 Å². The highest BCUT2D eigenvalue weighted by Crippen LogP contribution is 2.36. The minimum absolute atomic E-state index is 0.0229. The van der Waals surface area contributed by atoms with Crippen molar-refractivity contribution in [2.45, 2.75) is 12.6 Å². The van der Waals surface area contributed by atoms with Crippen molar-refractivity contribution in [1.82, 2.24) is 15.0 Å². The van der Waals surface area contributed by atoms with E-state index in [0.717, 1.165) is 0 Å². The van der Waals surface area contributed by atoms with E-state index in [0.29, 0.717) is 40.9 Å². The molecule has 0 spiro atoms. The molecule has 3 aromatic rings. The van der Waals surface area contributed by atoms with E-state index in [-0.39, 0.29) is 12.1 Å².